The van der Waals surface area contributed by atoms with Gasteiger partial charge in [-0.1, -0.05) is 30.1 Å². The number of aryl methyl sites for hydroxylation is 1. The van der Waals surface area contributed by atoms with E-state index in [0.717, 1.165) is 12.8 Å². The maximum Gasteiger partial charge on any atom is 0.160 e. The van der Waals surface area contributed by atoms with Crippen molar-refractivity contribution in [2.24, 2.45) is 5.84 Å². The molecule has 0 radical (unpaired) electrons. The summed E-state index contributed by atoms with van der Waals surface area (Å²) in [6.07, 6.45) is 1.62. The highest BCUT2D eigenvalue weighted by atomic mass is 35.5. The average molecular weight is 330 g/mol. The lowest BCUT2D eigenvalue weighted by Gasteiger charge is -2.10. The Labute approximate surface area is 131 Å². The van der Waals surface area contributed by atoms with Crippen LogP contribution in [0.3, 0.4) is 0 Å². The summed E-state index contributed by atoms with van der Waals surface area (Å²) in [6.45, 7) is 2.03. The number of halogens is 3. The van der Waals surface area contributed by atoms with Crippen molar-refractivity contribution in [3.8, 4) is 0 Å². The fourth-order valence-corrected chi connectivity index (χ4v) is 2.23. The number of nitrogens with two attached hydrogens (primary N) is 1. The third-order valence-corrected chi connectivity index (χ3v) is 3.20. The van der Waals surface area contributed by atoms with E-state index >= 15 is 0 Å². The highest BCUT2D eigenvalue weighted by Crippen LogP contribution is 2.29. The van der Waals surface area contributed by atoms with Gasteiger partial charge in [-0.2, -0.15) is 0 Å². The smallest absolute Gasteiger partial charge is 0.160 e. The summed E-state index contributed by atoms with van der Waals surface area (Å²) in [7, 11) is 0. The van der Waals surface area contributed by atoms with Gasteiger partial charge in [-0.25, -0.2) is 20.2 Å². The van der Waals surface area contributed by atoms with Crippen LogP contribution >= 0.6 is 23.2 Å². The molecule has 1 aromatic carbocycles. The summed E-state index contributed by atoms with van der Waals surface area (Å²) < 4.78 is 13.4. The molecule has 0 unspecified atom stereocenters. The molecular formula is C13H14Cl2FN5. The minimum atomic E-state index is -0.650. The van der Waals surface area contributed by atoms with Crippen molar-refractivity contribution < 1.29 is 4.39 Å². The van der Waals surface area contributed by atoms with Gasteiger partial charge in [0.25, 0.3) is 0 Å². The summed E-state index contributed by atoms with van der Waals surface area (Å²) in [5.41, 5.74) is 3.00. The summed E-state index contributed by atoms with van der Waals surface area (Å²) >= 11 is 11.5. The van der Waals surface area contributed by atoms with Crippen LogP contribution in [0, 0.1) is 5.82 Å². The molecule has 1 aromatic heterocycles. The maximum atomic E-state index is 13.4. The molecule has 112 valence electrons. The Kier molecular flexibility index (Phi) is 5.17. The topological polar surface area (TPSA) is 75.9 Å². The van der Waals surface area contributed by atoms with Gasteiger partial charge in [-0.05, 0) is 18.6 Å². The normalized spacial score (nSPS) is 10.5. The van der Waals surface area contributed by atoms with Crippen LogP contribution in [0.15, 0.2) is 18.2 Å². The van der Waals surface area contributed by atoms with Crippen LogP contribution in [0.2, 0.25) is 10.0 Å². The number of rotatable bonds is 5. The van der Waals surface area contributed by atoms with Crippen molar-refractivity contribution in [3.05, 3.63) is 39.9 Å². The van der Waals surface area contributed by atoms with Gasteiger partial charge in [0.15, 0.2) is 5.82 Å². The van der Waals surface area contributed by atoms with Crippen LogP contribution in [0.25, 0.3) is 0 Å². The number of hydrogen-bond acceptors (Lipinski definition) is 5. The van der Waals surface area contributed by atoms with Crippen LogP contribution in [-0.2, 0) is 6.42 Å². The Morgan fingerprint density at radius 2 is 1.76 bits per heavy atom. The number of hydrazine groups is 1. The number of anilines is 3. The fourth-order valence-electron chi connectivity index (χ4n) is 1.75. The first-order chi connectivity index (χ1) is 10.0. The molecule has 0 aliphatic heterocycles. The molecular weight excluding hydrogens is 316 g/mol. The SMILES string of the molecule is CCCc1nc(NN)cc(Nc2cc(Cl)c(F)c(Cl)c2)n1. The zero-order chi connectivity index (χ0) is 15.4. The zero-order valence-corrected chi connectivity index (χ0v) is 12.8. The molecule has 0 aliphatic rings. The first kappa shape index (κ1) is 15.8. The van der Waals surface area contributed by atoms with Crippen molar-refractivity contribution in [2.45, 2.75) is 19.8 Å². The van der Waals surface area contributed by atoms with E-state index in [1.54, 1.807) is 6.07 Å². The van der Waals surface area contributed by atoms with Gasteiger partial charge in [0.05, 0.1) is 10.0 Å². The van der Waals surface area contributed by atoms with Gasteiger partial charge in [-0.3, -0.25) is 0 Å². The standard InChI is InChI=1S/C13H14Cl2FN5/c1-2-3-10-19-11(6-12(20-10)21-17)18-7-4-8(14)13(16)9(15)5-7/h4-6H,2-3,17H2,1H3,(H2,18,19,20,21). The number of nitrogens with zero attached hydrogens (tertiary/aromatic N) is 2. The van der Waals surface area contributed by atoms with Gasteiger partial charge in [0, 0.05) is 18.2 Å². The Balaban J connectivity index is 2.32. The van der Waals surface area contributed by atoms with Gasteiger partial charge in [0.2, 0.25) is 0 Å². The van der Waals surface area contributed by atoms with Crippen molar-refractivity contribution in [1.82, 2.24) is 9.97 Å². The van der Waals surface area contributed by atoms with Crippen LogP contribution in [0.1, 0.15) is 19.2 Å². The van der Waals surface area contributed by atoms with Gasteiger partial charge in [0.1, 0.15) is 17.5 Å². The molecule has 2 aromatic rings. The van der Waals surface area contributed by atoms with Crippen molar-refractivity contribution in [2.75, 3.05) is 10.7 Å². The molecule has 4 N–H and O–H groups in total. The number of nitrogens with one attached hydrogen (secondary N) is 2. The van der Waals surface area contributed by atoms with E-state index in [1.165, 1.54) is 12.1 Å². The Morgan fingerprint density at radius 1 is 1.14 bits per heavy atom. The highest BCUT2D eigenvalue weighted by molar-refractivity contribution is 6.35. The molecule has 0 spiro atoms. The number of nitrogen functional groups attached to an aromatic ring is 1. The second-order valence-electron chi connectivity index (χ2n) is 4.33. The quantitative estimate of drug-likeness (QED) is 0.440. The molecule has 0 fully saturated rings. The fraction of sp³-hybridized carbons (Fsp3) is 0.231. The molecule has 21 heavy (non-hydrogen) atoms. The predicted molar refractivity (Wildman–Crippen MR) is 83.5 cm³/mol. The summed E-state index contributed by atoms with van der Waals surface area (Å²) in [6, 6.07) is 4.49. The number of aromatic nitrogens is 2. The zero-order valence-electron chi connectivity index (χ0n) is 11.3. The summed E-state index contributed by atoms with van der Waals surface area (Å²) in [4.78, 5) is 8.58. The average Bonchev–Trinajstić information content (AvgIpc) is 2.44. The molecule has 0 bridgehead atoms. The molecule has 0 saturated carbocycles. The first-order valence-corrected chi connectivity index (χ1v) is 7.05. The largest absolute Gasteiger partial charge is 0.340 e. The molecule has 0 saturated heterocycles. The third-order valence-electron chi connectivity index (χ3n) is 2.65. The molecule has 0 amide bonds. The van der Waals surface area contributed by atoms with Crippen molar-refractivity contribution >= 4 is 40.5 Å². The van der Waals surface area contributed by atoms with E-state index in [1.807, 2.05) is 6.92 Å². The molecule has 1 heterocycles. The van der Waals surface area contributed by atoms with Crippen molar-refractivity contribution in [1.29, 1.82) is 0 Å². The van der Waals surface area contributed by atoms with Crippen LogP contribution in [0.4, 0.5) is 21.7 Å². The minimum absolute atomic E-state index is 0.0648. The Bertz CT molecular complexity index is 627. The van der Waals surface area contributed by atoms with Crippen LogP contribution in [0.5, 0.6) is 0 Å². The van der Waals surface area contributed by atoms with Gasteiger partial charge < -0.3 is 10.7 Å². The third kappa shape index (κ3) is 3.93. The van der Waals surface area contributed by atoms with E-state index in [0.29, 0.717) is 23.1 Å². The minimum Gasteiger partial charge on any atom is -0.340 e. The van der Waals surface area contributed by atoms with E-state index in [-0.39, 0.29) is 10.0 Å². The lowest BCUT2D eigenvalue weighted by Crippen LogP contribution is -2.11. The second-order valence-corrected chi connectivity index (χ2v) is 5.14. The number of benzene rings is 1. The molecule has 8 heteroatoms. The van der Waals surface area contributed by atoms with Gasteiger partial charge in [-0.15, -0.1) is 0 Å². The second kappa shape index (κ2) is 6.89. The Hall–Kier alpha value is -1.63. The molecule has 0 atom stereocenters. The van der Waals surface area contributed by atoms with E-state index < -0.39 is 5.82 Å². The molecule has 0 aliphatic carbocycles. The predicted octanol–water partition coefficient (Wildman–Crippen LogP) is 3.90. The Morgan fingerprint density at radius 3 is 2.33 bits per heavy atom. The van der Waals surface area contributed by atoms with Crippen LogP contribution < -0.4 is 16.6 Å². The van der Waals surface area contributed by atoms with E-state index in [9.17, 15) is 4.39 Å². The lowest BCUT2D eigenvalue weighted by atomic mass is 10.3. The monoisotopic (exact) mass is 329 g/mol. The van der Waals surface area contributed by atoms with Gasteiger partial charge >= 0.3 is 0 Å². The lowest BCUT2D eigenvalue weighted by molar-refractivity contribution is 0.629. The van der Waals surface area contributed by atoms with Crippen molar-refractivity contribution in [3.63, 3.8) is 0 Å². The molecule has 5 nitrogen and oxygen atoms in total. The van der Waals surface area contributed by atoms with Crippen LogP contribution in [-0.4, -0.2) is 9.97 Å². The van der Waals surface area contributed by atoms with E-state index in [4.69, 9.17) is 29.0 Å². The summed E-state index contributed by atoms with van der Waals surface area (Å²) in [5.74, 6) is 6.38. The van der Waals surface area contributed by atoms with E-state index in [2.05, 4.69) is 20.7 Å². The number of hydrogen-bond donors (Lipinski definition) is 3. The maximum absolute atomic E-state index is 13.4. The first-order valence-electron chi connectivity index (χ1n) is 6.29. The highest BCUT2D eigenvalue weighted by Gasteiger charge is 2.09. The molecule has 2 rings (SSSR count). The summed E-state index contributed by atoms with van der Waals surface area (Å²) in [5, 5.41) is 2.87.